The standard InChI is InChI=1S/C15H20N2O3S/c1-3-6-10(16)13(18)17-14-12(15(19)20-2)9-7-4-5-8-11(9)21-14/h3,10H,1,4-8,16H2,2H3,(H,17,18). The van der Waals surface area contributed by atoms with Gasteiger partial charge >= 0.3 is 5.97 Å². The van der Waals surface area contributed by atoms with Crippen LogP contribution < -0.4 is 11.1 Å². The molecule has 1 aromatic heterocycles. The Morgan fingerprint density at radius 3 is 2.86 bits per heavy atom. The molecule has 6 heteroatoms. The zero-order chi connectivity index (χ0) is 15.4. The van der Waals surface area contributed by atoms with Crippen molar-refractivity contribution in [1.82, 2.24) is 0 Å². The van der Waals surface area contributed by atoms with E-state index in [0.29, 0.717) is 17.0 Å². The van der Waals surface area contributed by atoms with E-state index in [1.807, 2.05) is 0 Å². The van der Waals surface area contributed by atoms with Gasteiger partial charge in [0.05, 0.1) is 18.7 Å². The van der Waals surface area contributed by atoms with Gasteiger partial charge in [-0.3, -0.25) is 4.79 Å². The molecule has 0 bridgehead atoms. The molecule has 21 heavy (non-hydrogen) atoms. The number of aryl methyl sites for hydroxylation is 1. The lowest BCUT2D eigenvalue weighted by atomic mass is 9.95. The van der Waals surface area contributed by atoms with Crippen molar-refractivity contribution < 1.29 is 14.3 Å². The van der Waals surface area contributed by atoms with Crippen LogP contribution in [0.5, 0.6) is 0 Å². The van der Waals surface area contributed by atoms with Crippen LogP contribution in [-0.2, 0) is 22.4 Å². The minimum Gasteiger partial charge on any atom is -0.465 e. The average molecular weight is 308 g/mol. The fourth-order valence-electron chi connectivity index (χ4n) is 2.46. The lowest BCUT2D eigenvalue weighted by Crippen LogP contribution is -2.35. The van der Waals surface area contributed by atoms with Gasteiger partial charge in [0, 0.05) is 4.88 Å². The summed E-state index contributed by atoms with van der Waals surface area (Å²) in [7, 11) is 1.35. The Morgan fingerprint density at radius 1 is 1.48 bits per heavy atom. The number of fused-ring (bicyclic) bond motifs is 1. The second-order valence-corrected chi connectivity index (χ2v) is 6.13. The first-order chi connectivity index (χ1) is 10.1. The number of esters is 1. The number of nitrogens with one attached hydrogen (secondary N) is 1. The summed E-state index contributed by atoms with van der Waals surface area (Å²) in [5, 5.41) is 3.33. The molecule has 0 spiro atoms. The van der Waals surface area contributed by atoms with Crippen molar-refractivity contribution in [2.24, 2.45) is 5.73 Å². The Bertz CT molecular complexity index is 566. The van der Waals surface area contributed by atoms with E-state index < -0.39 is 12.0 Å². The van der Waals surface area contributed by atoms with Crippen LogP contribution in [0.15, 0.2) is 12.7 Å². The quantitative estimate of drug-likeness (QED) is 0.646. The largest absolute Gasteiger partial charge is 0.465 e. The molecule has 1 aliphatic carbocycles. The Kier molecular flexibility index (Phi) is 5.14. The van der Waals surface area contributed by atoms with E-state index in [9.17, 15) is 9.59 Å². The lowest BCUT2D eigenvalue weighted by Gasteiger charge is -2.12. The van der Waals surface area contributed by atoms with Gasteiger partial charge in [0.1, 0.15) is 5.00 Å². The molecule has 0 aromatic carbocycles. The minimum atomic E-state index is -0.660. The van der Waals surface area contributed by atoms with Crippen LogP contribution in [0.3, 0.4) is 0 Å². The molecular weight excluding hydrogens is 288 g/mol. The summed E-state index contributed by atoms with van der Waals surface area (Å²) in [6.07, 6.45) is 5.95. The maximum absolute atomic E-state index is 12.0. The SMILES string of the molecule is C=CCC(N)C(=O)Nc1sc2c(c1C(=O)OC)CCCC2. The summed E-state index contributed by atoms with van der Waals surface area (Å²) >= 11 is 1.46. The molecule has 1 atom stereocenters. The summed E-state index contributed by atoms with van der Waals surface area (Å²) in [6, 6.07) is -0.660. The highest BCUT2D eigenvalue weighted by Crippen LogP contribution is 2.38. The van der Waals surface area contributed by atoms with Gasteiger partial charge in [0.2, 0.25) is 5.91 Å². The Balaban J connectivity index is 2.30. The van der Waals surface area contributed by atoms with Crippen molar-refractivity contribution in [3.63, 3.8) is 0 Å². The third kappa shape index (κ3) is 3.33. The Hall–Kier alpha value is -1.66. The number of rotatable bonds is 5. The van der Waals surface area contributed by atoms with E-state index in [2.05, 4.69) is 11.9 Å². The molecule has 0 aliphatic heterocycles. The fraction of sp³-hybridized carbons (Fsp3) is 0.467. The number of hydrogen-bond donors (Lipinski definition) is 2. The number of anilines is 1. The van der Waals surface area contributed by atoms with Gasteiger partial charge in [-0.25, -0.2) is 4.79 Å². The van der Waals surface area contributed by atoms with Gasteiger partial charge < -0.3 is 15.8 Å². The molecule has 5 nitrogen and oxygen atoms in total. The number of thiophene rings is 1. The van der Waals surface area contributed by atoms with Crippen LogP contribution in [0.4, 0.5) is 5.00 Å². The van der Waals surface area contributed by atoms with Gasteiger partial charge in [0.25, 0.3) is 0 Å². The maximum atomic E-state index is 12.0. The second-order valence-electron chi connectivity index (χ2n) is 5.03. The molecule has 114 valence electrons. The van der Waals surface area contributed by atoms with Crippen molar-refractivity contribution in [3.05, 3.63) is 28.7 Å². The zero-order valence-corrected chi connectivity index (χ0v) is 12.9. The predicted molar refractivity (Wildman–Crippen MR) is 83.7 cm³/mol. The highest BCUT2D eigenvalue weighted by atomic mass is 32.1. The molecule has 1 unspecified atom stereocenters. The van der Waals surface area contributed by atoms with Crippen LogP contribution >= 0.6 is 11.3 Å². The summed E-state index contributed by atoms with van der Waals surface area (Å²) in [6.45, 7) is 3.57. The van der Waals surface area contributed by atoms with Crippen molar-refractivity contribution >= 4 is 28.2 Å². The number of carbonyl (C=O) groups excluding carboxylic acids is 2. The average Bonchev–Trinajstić information content (AvgIpc) is 2.84. The van der Waals surface area contributed by atoms with Crippen molar-refractivity contribution in [3.8, 4) is 0 Å². The maximum Gasteiger partial charge on any atom is 0.341 e. The highest BCUT2D eigenvalue weighted by Gasteiger charge is 2.27. The molecular formula is C15H20N2O3S. The number of carbonyl (C=O) groups is 2. The van der Waals surface area contributed by atoms with Crippen LogP contribution in [0.25, 0.3) is 0 Å². The van der Waals surface area contributed by atoms with Crippen molar-refractivity contribution in [2.75, 3.05) is 12.4 Å². The first-order valence-electron chi connectivity index (χ1n) is 6.98. The van der Waals surface area contributed by atoms with Gasteiger partial charge in [0.15, 0.2) is 0 Å². The number of hydrogen-bond acceptors (Lipinski definition) is 5. The Labute approximate surface area is 128 Å². The molecule has 3 N–H and O–H groups in total. The summed E-state index contributed by atoms with van der Waals surface area (Å²) in [5.41, 5.74) is 7.28. The smallest absolute Gasteiger partial charge is 0.341 e. The van der Waals surface area contributed by atoms with Crippen LogP contribution in [0.1, 0.15) is 40.1 Å². The molecule has 0 radical (unpaired) electrons. The number of methoxy groups -OCH3 is 1. The third-order valence-electron chi connectivity index (χ3n) is 3.55. The summed E-state index contributed by atoms with van der Waals surface area (Å²) in [4.78, 5) is 25.2. The number of amides is 1. The van der Waals surface area contributed by atoms with Gasteiger partial charge in [-0.05, 0) is 37.7 Å². The molecule has 0 fully saturated rings. The first-order valence-corrected chi connectivity index (χ1v) is 7.80. The fourth-order valence-corrected chi connectivity index (χ4v) is 3.74. The topological polar surface area (TPSA) is 81.4 Å². The van der Waals surface area contributed by atoms with E-state index >= 15 is 0 Å². The number of nitrogens with two attached hydrogens (primary N) is 1. The van der Waals surface area contributed by atoms with E-state index in [4.69, 9.17) is 10.5 Å². The summed E-state index contributed by atoms with van der Waals surface area (Å²) in [5.74, 6) is -0.708. The third-order valence-corrected chi connectivity index (χ3v) is 4.76. The van der Waals surface area contributed by atoms with E-state index in [0.717, 1.165) is 36.1 Å². The van der Waals surface area contributed by atoms with Gasteiger partial charge in [-0.15, -0.1) is 17.9 Å². The van der Waals surface area contributed by atoms with Crippen LogP contribution in [0, 0.1) is 0 Å². The molecule has 1 aliphatic rings. The summed E-state index contributed by atoms with van der Waals surface area (Å²) < 4.78 is 4.86. The molecule has 1 aromatic rings. The number of ether oxygens (including phenoxy) is 1. The molecule has 1 heterocycles. The molecule has 0 saturated carbocycles. The van der Waals surface area contributed by atoms with Gasteiger partial charge in [-0.2, -0.15) is 0 Å². The Morgan fingerprint density at radius 2 is 2.19 bits per heavy atom. The minimum absolute atomic E-state index is 0.307. The van der Waals surface area contributed by atoms with Gasteiger partial charge in [-0.1, -0.05) is 6.08 Å². The first kappa shape index (κ1) is 15.7. The molecule has 0 saturated heterocycles. The monoisotopic (exact) mass is 308 g/mol. The second kappa shape index (κ2) is 6.87. The highest BCUT2D eigenvalue weighted by molar-refractivity contribution is 7.17. The van der Waals surface area contributed by atoms with Crippen LogP contribution in [-0.4, -0.2) is 25.0 Å². The van der Waals surface area contributed by atoms with E-state index in [1.54, 1.807) is 6.08 Å². The van der Waals surface area contributed by atoms with E-state index in [-0.39, 0.29) is 5.91 Å². The molecule has 2 rings (SSSR count). The van der Waals surface area contributed by atoms with Crippen molar-refractivity contribution in [1.29, 1.82) is 0 Å². The normalized spacial score (nSPS) is 15.0. The predicted octanol–water partition coefficient (Wildman–Crippen LogP) is 2.26. The van der Waals surface area contributed by atoms with Crippen molar-refractivity contribution in [2.45, 2.75) is 38.1 Å². The van der Waals surface area contributed by atoms with Crippen LogP contribution in [0.2, 0.25) is 0 Å². The zero-order valence-electron chi connectivity index (χ0n) is 12.1. The lowest BCUT2D eigenvalue weighted by molar-refractivity contribution is -0.117. The van der Waals surface area contributed by atoms with E-state index in [1.165, 1.54) is 18.4 Å². The molecule has 1 amide bonds.